The van der Waals surface area contributed by atoms with Crippen molar-refractivity contribution in [3.05, 3.63) is 18.3 Å². The topological polar surface area (TPSA) is 43.4 Å². The zero-order chi connectivity index (χ0) is 12.3. The van der Waals surface area contributed by atoms with Gasteiger partial charge in [0, 0.05) is 19.3 Å². The van der Waals surface area contributed by atoms with Crippen molar-refractivity contribution in [3.63, 3.8) is 0 Å². The first-order valence-electron chi connectivity index (χ1n) is 6.10. The van der Waals surface area contributed by atoms with Gasteiger partial charge in [0.15, 0.2) is 11.6 Å². The Kier molecular flexibility index (Phi) is 3.84. The first-order valence-corrected chi connectivity index (χ1v) is 6.10. The molecule has 0 aromatic carbocycles. The third kappa shape index (κ3) is 3.09. The average Bonchev–Trinajstić information content (AvgIpc) is 2.24. The van der Waals surface area contributed by atoms with Crippen LogP contribution in [0.4, 0.5) is 5.82 Å². The van der Waals surface area contributed by atoms with E-state index in [1.54, 1.807) is 13.3 Å². The number of methoxy groups -OCH3 is 1. The van der Waals surface area contributed by atoms with Crippen molar-refractivity contribution >= 4 is 5.82 Å². The Hall–Kier alpha value is -1.29. The summed E-state index contributed by atoms with van der Waals surface area (Å²) >= 11 is 0. The molecule has 1 saturated carbocycles. The molecule has 0 saturated heterocycles. The Morgan fingerprint density at radius 2 is 2.18 bits per heavy atom. The molecule has 0 aliphatic heterocycles. The van der Waals surface area contributed by atoms with Gasteiger partial charge in [-0.05, 0) is 38.8 Å². The Morgan fingerprint density at radius 1 is 1.41 bits per heavy atom. The van der Waals surface area contributed by atoms with Gasteiger partial charge in [-0.1, -0.05) is 0 Å². The van der Waals surface area contributed by atoms with E-state index in [4.69, 9.17) is 9.47 Å². The molecule has 94 valence electrons. The number of nitrogens with one attached hydrogen (secondary N) is 1. The minimum absolute atomic E-state index is 0.160. The third-order valence-electron chi connectivity index (χ3n) is 2.90. The Balaban J connectivity index is 1.96. The van der Waals surface area contributed by atoms with Crippen LogP contribution in [-0.2, 0) is 4.74 Å². The fourth-order valence-electron chi connectivity index (χ4n) is 1.92. The van der Waals surface area contributed by atoms with Crippen LogP contribution in [0.2, 0.25) is 0 Å². The number of rotatable bonds is 5. The van der Waals surface area contributed by atoms with Crippen molar-refractivity contribution < 1.29 is 9.47 Å². The molecule has 17 heavy (non-hydrogen) atoms. The van der Waals surface area contributed by atoms with Crippen LogP contribution in [0.3, 0.4) is 0 Å². The molecular formula is C13H20N2O2. The van der Waals surface area contributed by atoms with Gasteiger partial charge in [-0.2, -0.15) is 0 Å². The predicted molar refractivity (Wildman–Crippen MR) is 67.4 cm³/mol. The van der Waals surface area contributed by atoms with E-state index in [0.717, 1.165) is 24.4 Å². The summed E-state index contributed by atoms with van der Waals surface area (Å²) in [6.45, 7) is 4.03. The van der Waals surface area contributed by atoms with E-state index in [0.29, 0.717) is 12.1 Å². The molecule has 1 aromatic rings. The smallest absolute Gasteiger partial charge is 0.168 e. The van der Waals surface area contributed by atoms with Crippen LogP contribution in [0.25, 0.3) is 0 Å². The monoisotopic (exact) mass is 236 g/mol. The number of pyridine rings is 1. The second-order valence-corrected chi connectivity index (χ2v) is 4.69. The zero-order valence-corrected chi connectivity index (χ0v) is 10.6. The molecule has 4 heteroatoms. The summed E-state index contributed by atoms with van der Waals surface area (Å²) in [6.07, 6.45) is 4.41. The molecule has 1 fully saturated rings. The fourth-order valence-corrected chi connectivity index (χ4v) is 1.92. The van der Waals surface area contributed by atoms with Crippen molar-refractivity contribution in [2.24, 2.45) is 0 Å². The van der Waals surface area contributed by atoms with Gasteiger partial charge < -0.3 is 14.8 Å². The molecule has 4 nitrogen and oxygen atoms in total. The Morgan fingerprint density at radius 3 is 2.82 bits per heavy atom. The van der Waals surface area contributed by atoms with Gasteiger partial charge >= 0.3 is 0 Å². The number of ether oxygens (including phenoxy) is 2. The van der Waals surface area contributed by atoms with E-state index >= 15 is 0 Å². The van der Waals surface area contributed by atoms with Crippen molar-refractivity contribution in [3.8, 4) is 5.75 Å². The average molecular weight is 236 g/mol. The maximum atomic E-state index is 5.71. The molecule has 0 unspecified atom stereocenters. The van der Waals surface area contributed by atoms with E-state index < -0.39 is 0 Å². The van der Waals surface area contributed by atoms with Gasteiger partial charge in [-0.25, -0.2) is 4.98 Å². The van der Waals surface area contributed by atoms with Crippen LogP contribution in [0, 0.1) is 0 Å². The lowest BCUT2D eigenvalue weighted by atomic mass is 9.89. The van der Waals surface area contributed by atoms with Gasteiger partial charge in [-0.15, -0.1) is 0 Å². The fraction of sp³-hybridized carbons (Fsp3) is 0.615. The van der Waals surface area contributed by atoms with Gasteiger partial charge in [0.2, 0.25) is 0 Å². The molecule has 0 radical (unpaired) electrons. The van der Waals surface area contributed by atoms with Crippen LogP contribution in [0.15, 0.2) is 18.3 Å². The molecular weight excluding hydrogens is 216 g/mol. The van der Waals surface area contributed by atoms with Crippen LogP contribution in [0.1, 0.15) is 26.7 Å². The minimum atomic E-state index is 0.160. The molecule has 1 N–H and O–H groups in total. The molecule has 1 heterocycles. The highest BCUT2D eigenvalue weighted by molar-refractivity contribution is 5.50. The summed E-state index contributed by atoms with van der Waals surface area (Å²) in [7, 11) is 1.76. The summed E-state index contributed by atoms with van der Waals surface area (Å²) in [6, 6.07) is 4.29. The number of hydrogen-bond donors (Lipinski definition) is 1. The highest BCUT2D eigenvalue weighted by atomic mass is 16.5. The van der Waals surface area contributed by atoms with Gasteiger partial charge in [0.05, 0.1) is 12.2 Å². The van der Waals surface area contributed by atoms with Crippen LogP contribution < -0.4 is 10.1 Å². The lowest BCUT2D eigenvalue weighted by molar-refractivity contribution is 0.0327. The lowest BCUT2D eigenvalue weighted by Gasteiger charge is -2.35. The van der Waals surface area contributed by atoms with Crippen LogP contribution in [-0.4, -0.2) is 30.3 Å². The van der Waals surface area contributed by atoms with E-state index in [2.05, 4.69) is 10.3 Å². The lowest BCUT2D eigenvalue weighted by Crippen LogP contribution is -2.40. The molecule has 0 spiro atoms. The first kappa shape index (κ1) is 12.2. The predicted octanol–water partition coefficient (Wildman–Crippen LogP) is 2.46. The van der Waals surface area contributed by atoms with Gasteiger partial charge in [0.1, 0.15) is 0 Å². The van der Waals surface area contributed by atoms with Crippen molar-refractivity contribution in [2.45, 2.75) is 44.9 Å². The SMILES string of the molecule is COC1CC(Nc2ncccc2OC(C)C)C1. The van der Waals surface area contributed by atoms with Gasteiger partial charge in [0.25, 0.3) is 0 Å². The molecule has 0 amide bonds. The van der Waals surface area contributed by atoms with E-state index in [1.807, 2.05) is 26.0 Å². The van der Waals surface area contributed by atoms with Crippen LogP contribution in [0.5, 0.6) is 5.75 Å². The maximum absolute atomic E-state index is 5.71. The molecule has 1 aliphatic carbocycles. The minimum Gasteiger partial charge on any atom is -0.487 e. The molecule has 1 aliphatic rings. The maximum Gasteiger partial charge on any atom is 0.168 e. The number of anilines is 1. The molecule has 0 bridgehead atoms. The summed E-state index contributed by atoms with van der Waals surface area (Å²) in [4.78, 5) is 4.33. The highest BCUT2D eigenvalue weighted by Gasteiger charge is 2.29. The summed E-state index contributed by atoms with van der Waals surface area (Å²) in [5.41, 5.74) is 0. The molecule has 2 rings (SSSR count). The molecule has 0 atom stereocenters. The summed E-state index contributed by atoms with van der Waals surface area (Å²) < 4.78 is 11.0. The Bertz CT molecular complexity index is 362. The third-order valence-corrected chi connectivity index (χ3v) is 2.90. The van der Waals surface area contributed by atoms with E-state index in [1.165, 1.54) is 0 Å². The summed E-state index contributed by atoms with van der Waals surface area (Å²) in [5, 5.41) is 3.40. The highest BCUT2D eigenvalue weighted by Crippen LogP contribution is 2.29. The van der Waals surface area contributed by atoms with E-state index in [9.17, 15) is 0 Å². The second kappa shape index (κ2) is 5.36. The number of hydrogen-bond acceptors (Lipinski definition) is 4. The Labute approximate surface area is 102 Å². The van der Waals surface area contributed by atoms with Crippen molar-refractivity contribution in [2.75, 3.05) is 12.4 Å². The van der Waals surface area contributed by atoms with Crippen molar-refractivity contribution in [1.82, 2.24) is 4.98 Å². The van der Waals surface area contributed by atoms with Crippen LogP contribution >= 0.6 is 0 Å². The standard InChI is InChI=1S/C13H20N2O2/c1-9(2)17-12-5-4-6-14-13(12)15-10-7-11(8-10)16-3/h4-6,9-11H,7-8H2,1-3H3,(H,14,15). The zero-order valence-electron chi connectivity index (χ0n) is 10.6. The first-order chi connectivity index (χ1) is 8.19. The van der Waals surface area contributed by atoms with E-state index in [-0.39, 0.29) is 6.10 Å². The quantitative estimate of drug-likeness (QED) is 0.853. The van der Waals surface area contributed by atoms with Crippen molar-refractivity contribution in [1.29, 1.82) is 0 Å². The second-order valence-electron chi connectivity index (χ2n) is 4.69. The van der Waals surface area contributed by atoms with Gasteiger partial charge in [-0.3, -0.25) is 0 Å². The molecule has 1 aromatic heterocycles. The summed E-state index contributed by atoms with van der Waals surface area (Å²) in [5.74, 6) is 1.66. The number of nitrogens with zero attached hydrogens (tertiary/aromatic N) is 1. The number of aromatic nitrogens is 1. The largest absolute Gasteiger partial charge is 0.487 e. The normalized spacial score (nSPS) is 23.3.